The standard InChI is InChI=1S/C21H29N3O5/c22-21(26)16(18-11-10-14-5-1-2-8-17(14)23-18)7-4-12-29-19-9-3-6-15(13-25)20(19)24(27)28/h3,6,9,13-14,16-18,23H,1-2,4-5,7-8,10-12H2,(H2,22,26). The molecule has 1 aliphatic carbocycles. The van der Waals surface area contributed by atoms with Crippen molar-refractivity contribution < 1.29 is 19.2 Å². The smallest absolute Gasteiger partial charge is 0.321 e. The van der Waals surface area contributed by atoms with Crippen molar-refractivity contribution in [1.29, 1.82) is 0 Å². The largest absolute Gasteiger partial charge is 0.487 e. The lowest BCUT2D eigenvalue weighted by atomic mass is 9.75. The van der Waals surface area contributed by atoms with Crippen molar-refractivity contribution in [1.82, 2.24) is 5.32 Å². The maximum Gasteiger partial charge on any atom is 0.321 e. The number of aldehydes is 1. The molecule has 4 atom stereocenters. The van der Waals surface area contributed by atoms with Crippen molar-refractivity contribution in [2.75, 3.05) is 6.61 Å². The second-order valence-electron chi connectivity index (χ2n) is 8.07. The van der Waals surface area contributed by atoms with Crippen LogP contribution in [0, 0.1) is 22.0 Å². The van der Waals surface area contributed by atoms with Gasteiger partial charge in [-0.3, -0.25) is 19.7 Å². The summed E-state index contributed by atoms with van der Waals surface area (Å²) >= 11 is 0. The van der Waals surface area contributed by atoms with Crippen LogP contribution in [0.4, 0.5) is 5.69 Å². The summed E-state index contributed by atoms with van der Waals surface area (Å²) in [7, 11) is 0. The van der Waals surface area contributed by atoms with Crippen molar-refractivity contribution in [3.8, 4) is 5.75 Å². The average Bonchev–Trinajstić information content (AvgIpc) is 2.72. The summed E-state index contributed by atoms with van der Waals surface area (Å²) in [4.78, 5) is 33.7. The summed E-state index contributed by atoms with van der Waals surface area (Å²) in [5.74, 6) is 0.182. The van der Waals surface area contributed by atoms with Crippen LogP contribution in [0.5, 0.6) is 5.75 Å². The minimum atomic E-state index is -0.613. The van der Waals surface area contributed by atoms with Crippen LogP contribution < -0.4 is 15.8 Å². The van der Waals surface area contributed by atoms with Crippen LogP contribution in [0.3, 0.4) is 0 Å². The van der Waals surface area contributed by atoms with Gasteiger partial charge in [-0.25, -0.2) is 0 Å². The topological polar surface area (TPSA) is 125 Å². The third-order valence-electron chi connectivity index (χ3n) is 6.29. The van der Waals surface area contributed by atoms with Gasteiger partial charge in [0.25, 0.3) is 0 Å². The molecule has 29 heavy (non-hydrogen) atoms. The molecule has 1 saturated heterocycles. The number of piperidine rings is 1. The lowest BCUT2D eigenvalue weighted by Crippen LogP contribution is -2.54. The third-order valence-corrected chi connectivity index (χ3v) is 6.29. The minimum absolute atomic E-state index is 0.0176. The number of nitrogens with two attached hydrogens (primary N) is 1. The number of carbonyl (C=O) groups excluding carboxylic acids is 2. The first kappa shape index (κ1) is 21.2. The summed E-state index contributed by atoms with van der Waals surface area (Å²) in [6.07, 6.45) is 8.58. The zero-order valence-electron chi connectivity index (χ0n) is 16.5. The fourth-order valence-corrected chi connectivity index (χ4v) is 4.82. The number of nitro groups is 1. The number of primary amides is 1. The van der Waals surface area contributed by atoms with E-state index in [1.165, 1.54) is 31.4 Å². The van der Waals surface area contributed by atoms with Gasteiger partial charge in [0.2, 0.25) is 5.91 Å². The molecule has 1 aliphatic heterocycles. The predicted octanol–water partition coefficient (Wildman–Crippen LogP) is 2.98. The monoisotopic (exact) mass is 403 g/mol. The van der Waals surface area contributed by atoms with E-state index in [-0.39, 0.29) is 41.5 Å². The number of ether oxygens (including phenoxy) is 1. The Kier molecular flexibility index (Phi) is 7.19. The van der Waals surface area contributed by atoms with Crippen LogP contribution in [0.1, 0.15) is 61.7 Å². The molecule has 8 heteroatoms. The molecule has 2 aliphatic rings. The fourth-order valence-electron chi connectivity index (χ4n) is 4.82. The van der Waals surface area contributed by atoms with E-state index in [2.05, 4.69) is 5.32 Å². The van der Waals surface area contributed by atoms with Gasteiger partial charge in [0.1, 0.15) is 0 Å². The van der Waals surface area contributed by atoms with Gasteiger partial charge < -0.3 is 15.8 Å². The van der Waals surface area contributed by atoms with Crippen LogP contribution in [-0.4, -0.2) is 35.8 Å². The van der Waals surface area contributed by atoms with Crippen molar-refractivity contribution in [3.63, 3.8) is 0 Å². The Morgan fingerprint density at radius 2 is 2.10 bits per heavy atom. The third kappa shape index (κ3) is 5.12. The van der Waals surface area contributed by atoms with E-state index in [1.807, 2.05) is 0 Å². The molecule has 3 N–H and O–H groups in total. The van der Waals surface area contributed by atoms with E-state index >= 15 is 0 Å². The van der Waals surface area contributed by atoms with Crippen LogP contribution in [0.25, 0.3) is 0 Å². The second-order valence-corrected chi connectivity index (χ2v) is 8.07. The van der Waals surface area contributed by atoms with E-state index in [9.17, 15) is 19.7 Å². The first-order valence-corrected chi connectivity index (χ1v) is 10.4. The normalized spacial score (nSPS) is 24.9. The number of para-hydroxylation sites is 1. The summed E-state index contributed by atoms with van der Waals surface area (Å²) < 4.78 is 5.57. The quantitative estimate of drug-likeness (QED) is 0.283. The molecule has 4 unspecified atom stereocenters. The molecule has 158 valence electrons. The Bertz CT molecular complexity index is 754. The van der Waals surface area contributed by atoms with Crippen molar-refractivity contribution in [2.24, 2.45) is 17.6 Å². The molecule has 3 rings (SSSR count). The zero-order valence-corrected chi connectivity index (χ0v) is 16.5. The summed E-state index contributed by atoms with van der Waals surface area (Å²) in [5, 5.41) is 14.9. The zero-order chi connectivity index (χ0) is 20.8. The van der Waals surface area contributed by atoms with Gasteiger partial charge in [0, 0.05) is 12.1 Å². The highest BCUT2D eigenvalue weighted by atomic mass is 16.6. The molecule has 8 nitrogen and oxygen atoms in total. The lowest BCUT2D eigenvalue weighted by molar-refractivity contribution is -0.386. The summed E-state index contributed by atoms with van der Waals surface area (Å²) in [5.41, 5.74) is 5.34. The number of nitro benzene ring substituents is 1. The highest BCUT2D eigenvalue weighted by Gasteiger charge is 2.36. The number of hydrogen-bond acceptors (Lipinski definition) is 6. The number of rotatable bonds is 9. The number of nitrogens with one attached hydrogen (secondary N) is 1. The van der Waals surface area contributed by atoms with E-state index in [0.29, 0.717) is 31.1 Å². The molecule has 1 aromatic carbocycles. The first-order chi connectivity index (χ1) is 14.0. The second kappa shape index (κ2) is 9.82. The highest BCUT2D eigenvalue weighted by Crippen LogP contribution is 2.35. The van der Waals surface area contributed by atoms with Gasteiger partial charge in [0.15, 0.2) is 12.0 Å². The van der Waals surface area contributed by atoms with Crippen LogP contribution in [0.15, 0.2) is 18.2 Å². The molecule has 1 heterocycles. The van der Waals surface area contributed by atoms with Crippen LogP contribution >= 0.6 is 0 Å². The molecular formula is C21H29N3O5. The number of hydrogen-bond donors (Lipinski definition) is 2. The van der Waals surface area contributed by atoms with Crippen molar-refractivity contribution >= 4 is 17.9 Å². The van der Waals surface area contributed by atoms with Gasteiger partial charge in [0.05, 0.1) is 23.0 Å². The molecule has 0 bridgehead atoms. The molecule has 1 saturated carbocycles. The Morgan fingerprint density at radius 1 is 1.31 bits per heavy atom. The van der Waals surface area contributed by atoms with Gasteiger partial charge in [-0.15, -0.1) is 0 Å². The Labute approximate surface area is 170 Å². The van der Waals surface area contributed by atoms with E-state index < -0.39 is 4.92 Å². The van der Waals surface area contributed by atoms with Crippen LogP contribution in [0.2, 0.25) is 0 Å². The molecule has 2 fully saturated rings. The number of fused-ring (bicyclic) bond motifs is 1. The van der Waals surface area contributed by atoms with E-state index in [4.69, 9.17) is 10.5 Å². The van der Waals surface area contributed by atoms with Crippen LogP contribution in [-0.2, 0) is 4.79 Å². The van der Waals surface area contributed by atoms with Gasteiger partial charge in [-0.2, -0.15) is 0 Å². The van der Waals surface area contributed by atoms with E-state index in [1.54, 1.807) is 6.07 Å². The molecule has 0 aromatic heterocycles. The molecule has 0 spiro atoms. The molecule has 1 amide bonds. The molecular weight excluding hydrogens is 374 g/mol. The van der Waals surface area contributed by atoms with Gasteiger partial charge in [-0.1, -0.05) is 18.9 Å². The lowest BCUT2D eigenvalue weighted by Gasteiger charge is -2.42. The predicted molar refractivity (Wildman–Crippen MR) is 108 cm³/mol. The molecule has 0 radical (unpaired) electrons. The van der Waals surface area contributed by atoms with Crippen molar-refractivity contribution in [3.05, 3.63) is 33.9 Å². The summed E-state index contributed by atoms with van der Waals surface area (Å²) in [6, 6.07) is 4.97. The Hall–Kier alpha value is -2.48. The average molecular weight is 403 g/mol. The van der Waals surface area contributed by atoms with E-state index in [0.717, 1.165) is 19.3 Å². The number of nitrogens with zero attached hydrogens (tertiary/aromatic N) is 1. The maximum absolute atomic E-state index is 12.1. The molecule has 1 aromatic rings. The van der Waals surface area contributed by atoms with Crippen molar-refractivity contribution in [2.45, 2.75) is 63.5 Å². The summed E-state index contributed by atoms with van der Waals surface area (Å²) in [6.45, 7) is 0.214. The maximum atomic E-state index is 12.1. The SMILES string of the molecule is NC(=O)C(CCCOc1cccc(C=O)c1[N+](=O)[O-])C1CCC2CCCCC2N1. The first-order valence-electron chi connectivity index (χ1n) is 10.4. The van der Waals surface area contributed by atoms with Gasteiger partial charge >= 0.3 is 5.69 Å². The number of amides is 1. The van der Waals surface area contributed by atoms with Gasteiger partial charge in [-0.05, 0) is 56.6 Å². The Morgan fingerprint density at radius 3 is 2.83 bits per heavy atom. The fraction of sp³-hybridized carbons (Fsp3) is 0.619. The Balaban J connectivity index is 1.55. The highest BCUT2D eigenvalue weighted by molar-refractivity contribution is 5.83. The minimum Gasteiger partial charge on any atom is -0.487 e. The number of benzene rings is 1. The number of carbonyl (C=O) groups is 2.